The summed E-state index contributed by atoms with van der Waals surface area (Å²) in [6, 6.07) is 11.9. The van der Waals surface area contributed by atoms with Crippen LogP contribution in [0.15, 0.2) is 36.4 Å². The van der Waals surface area contributed by atoms with Gasteiger partial charge in [0.15, 0.2) is 6.29 Å². The number of fused-ring (bicyclic) bond motifs is 2. The topological polar surface area (TPSA) is 77.1 Å². The monoisotopic (exact) mass is 642 g/mol. The van der Waals surface area contributed by atoms with Crippen LogP contribution in [-0.2, 0) is 26.9 Å². The lowest BCUT2D eigenvalue weighted by Gasteiger charge is -2.47. The van der Waals surface area contributed by atoms with Gasteiger partial charge in [0, 0.05) is 41.3 Å². The summed E-state index contributed by atoms with van der Waals surface area (Å²) in [5, 5.41) is 0.762. The van der Waals surface area contributed by atoms with E-state index in [1.807, 2.05) is 18.2 Å². The van der Waals surface area contributed by atoms with Crippen molar-refractivity contribution in [1.82, 2.24) is 4.72 Å². The second kappa shape index (κ2) is 14.5. The molecule has 2 aromatic rings. The number of benzene rings is 2. The fraction of sp³-hybridized carbons (Fsp3) is 0.629. The molecule has 0 spiro atoms. The Morgan fingerprint density at radius 1 is 1.00 bits per heavy atom. The SMILES string of the molecule is CCCc1cc(Cl)ccc1C1COc2ccc3cc2N(C1)CC1CCC1C(C1OCCCO1)CCC(C)CCS(=O)NC3=O. The van der Waals surface area contributed by atoms with Gasteiger partial charge in [0.2, 0.25) is 0 Å². The standard InChI is InChI=1S/C35H47ClN2O5S/c1-3-5-24-18-28(36)9-12-29(24)27-21-38-20-26-7-11-30(26)31(35-41-15-4-16-42-35)10-6-23(2)14-17-44(40)37-34(39)25-8-13-33(43-22-27)32(38)19-25/h8-9,12-13,18-19,23,26-27,30-31,35H,3-7,10-11,14-17,20-22H2,1-2H3,(H,37,39). The quantitative estimate of drug-likeness (QED) is 0.391. The average molecular weight is 643 g/mol. The van der Waals surface area contributed by atoms with Crippen molar-refractivity contribution in [3.63, 3.8) is 0 Å². The molecule has 6 atom stereocenters. The van der Waals surface area contributed by atoms with Crippen LogP contribution in [-0.4, -0.2) is 55.1 Å². The Bertz CT molecular complexity index is 1330. The summed E-state index contributed by atoms with van der Waals surface area (Å²) < 4.78 is 34.6. The number of amides is 1. The Balaban J connectivity index is 1.35. The largest absolute Gasteiger partial charge is 0.491 e. The molecule has 0 radical (unpaired) electrons. The maximum absolute atomic E-state index is 13.2. The van der Waals surface area contributed by atoms with Gasteiger partial charge in [0.1, 0.15) is 16.7 Å². The molecule has 9 heteroatoms. The molecule has 1 amide bonds. The van der Waals surface area contributed by atoms with Crippen molar-refractivity contribution in [1.29, 1.82) is 0 Å². The highest BCUT2D eigenvalue weighted by molar-refractivity contribution is 7.83. The molecule has 1 saturated carbocycles. The van der Waals surface area contributed by atoms with Gasteiger partial charge >= 0.3 is 0 Å². The number of anilines is 1. The first-order chi connectivity index (χ1) is 21.4. The van der Waals surface area contributed by atoms with E-state index in [9.17, 15) is 9.00 Å². The van der Waals surface area contributed by atoms with Gasteiger partial charge in [-0.2, -0.15) is 0 Å². The van der Waals surface area contributed by atoms with Crippen molar-refractivity contribution in [2.75, 3.05) is 43.6 Å². The van der Waals surface area contributed by atoms with E-state index in [0.29, 0.717) is 41.6 Å². The Labute approximate surface area is 269 Å². The number of ether oxygens (including phenoxy) is 3. The maximum atomic E-state index is 13.2. The van der Waals surface area contributed by atoms with Crippen LogP contribution >= 0.6 is 11.6 Å². The first-order valence-electron chi connectivity index (χ1n) is 16.6. The van der Waals surface area contributed by atoms with Crippen LogP contribution in [0.5, 0.6) is 5.75 Å². The third kappa shape index (κ3) is 7.30. The van der Waals surface area contributed by atoms with E-state index >= 15 is 0 Å². The summed E-state index contributed by atoms with van der Waals surface area (Å²) in [6.07, 6.45) is 8.01. The number of nitrogens with zero attached hydrogens (tertiary/aromatic N) is 1. The molecule has 6 rings (SSSR count). The van der Waals surface area contributed by atoms with Crippen molar-refractivity contribution >= 4 is 34.2 Å². The summed E-state index contributed by atoms with van der Waals surface area (Å²) in [6.45, 7) is 8.16. The van der Waals surface area contributed by atoms with Gasteiger partial charge in [-0.05, 0) is 97.7 Å². The summed E-state index contributed by atoms with van der Waals surface area (Å²) in [5.74, 6) is 2.83. The minimum Gasteiger partial charge on any atom is -0.491 e. The lowest BCUT2D eigenvalue weighted by molar-refractivity contribution is -0.224. The molecule has 1 saturated heterocycles. The van der Waals surface area contributed by atoms with E-state index in [2.05, 4.69) is 35.6 Å². The third-order valence-electron chi connectivity index (χ3n) is 10.2. The number of aryl methyl sites for hydroxylation is 1. The number of carbonyl (C=O) groups excluding carboxylic acids is 1. The van der Waals surface area contributed by atoms with Crippen LogP contribution < -0.4 is 14.4 Å². The molecule has 3 aliphatic heterocycles. The van der Waals surface area contributed by atoms with Crippen LogP contribution in [0.2, 0.25) is 5.02 Å². The number of hydrogen-bond acceptors (Lipinski definition) is 6. The normalized spacial score (nSPS) is 30.3. The zero-order chi connectivity index (χ0) is 30.6. The minimum absolute atomic E-state index is 0.150. The van der Waals surface area contributed by atoms with Crippen molar-refractivity contribution in [2.45, 2.75) is 77.4 Å². The number of hydrogen-bond donors (Lipinski definition) is 1. The van der Waals surface area contributed by atoms with Gasteiger partial charge in [-0.15, -0.1) is 0 Å². The van der Waals surface area contributed by atoms with Gasteiger partial charge < -0.3 is 19.1 Å². The van der Waals surface area contributed by atoms with Crippen LogP contribution in [0.3, 0.4) is 0 Å². The first kappa shape index (κ1) is 31.8. The van der Waals surface area contributed by atoms with Crippen molar-refractivity contribution in [3.05, 3.63) is 58.1 Å². The molecular weight excluding hydrogens is 596 g/mol. The number of carbonyl (C=O) groups is 1. The average Bonchev–Trinajstić information content (AvgIpc) is 3.19. The van der Waals surface area contributed by atoms with E-state index in [-0.39, 0.29) is 18.1 Å². The van der Waals surface area contributed by atoms with E-state index in [1.165, 1.54) is 24.0 Å². The zero-order valence-corrected chi connectivity index (χ0v) is 27.7. The molecule has 7 nitrogen and oxygen atoms in total. The molecule has 6 unspecified atom stereocenters. The predicted molar refractivity (Wildman–Crippen MR) is 176 cm³/mol. The fourth-order valence-corrected chi connectivity index (χ4v) is 8.81. The van der Waals surface area contributed by atoms with Crippen LogP contribution in [0.4, 0.5) is 5.69 Å². The molecule has 2 fully saturated rings. The van der Waals surface area contributed by atoms with Gasteiger partial charge in [-0.3, -0.25) is 9.52 Å². The summed E-state index contributed by atoms with van der Waals surface area (Å²) >= 11 is 6.44. The lowest BCUT2D eigenvalue weighted by Crippen LogP contribution is -2.47. The smallest absolute Gasteiger partial charge is 0.263 e. The molecule has 0 aromatic heterocycles. The Morgan fingerprint density at radius 3 is 2.59 bits per heavy atom. The second-order valence-electron chi connectivity index (χ2n) is 13.3. The van der Waals surface area contributed by atoms with Gasteiger partial charge in [0.25, 0.3) is 5.91 Å². The van der Waals surface area contributed by atoms with E-state index in [4.69, 9.17) is 25.8 Å². The highest BCUT2D eigenvalue weighted by Gasteiger charge is 2.43. The molecule has 1 aliphatic carbocycles. The van der Waals surface area contributed by atoms with Crippen molar-refractivity contribution in [3.8, 4) is 5.75 Å². The number of nitrogens with one attached hydrogen (secondary N) is 1. The van der Waals surface area contributed by atoms with Crippen LogP contribution in [0, 0.1) is 23.7 Å². The van der Waals surface area contributed by atoms with E-state index in [0.717, 1.165) is 81.3 Å². The van der Waals surface area contributed by atoms with Gasteiger partial charge in [0.05, 0.1) is 25.5 Å². The van der Waals surface area contributed by atoms with Gasteiger partial charge in [-0.1, -0.05) is 44.4 Å². The lowest BCUT2D eigenvalue weighted by atomic mass is 9.65. The third-order valence-corrected chi connectivity index (χ3v) is 11.4. The highest BCUT2D eigenvalue weighted by atomic mass is 35.5. The molecule has 3 heterocycles. The summed E-state index contributed by atoms with van der Waals surface area (Å²) in [4.78, 5) is 15.7. The molecule has 240 valence electrons. The molecule has 4 aliphatic rings. The fourth-order valence-electron chi connectivity index (χ4n) is 7.57. The van der Waals surface area contributed by atoms with Crippen molar-refractivity contribution < 1.29 is 23.2 Å². The van der Waals surface area contributed by atoms with E-state index in [1.54, 1.807) is 6.07 Å². The van der Waals surface area contributed by atoms with Crippen molar-refractivity contribution in [2.24, 2.45) is 23.7 Å². The Morgan fingerprint density at radius 2 is 1.82 bits per heavy atom. The second-order valence-corrected chi connectivity index (χ2v) is 15.0. The first-order valence-corrected chi connectivity index (χ1v) is 18.3. The zero-order valence-electron chi connectivity index (χ0n) is 26.1. The number of halogens is 1. The summed E-state index contributed by atoms with van der Waals surface area (Å²) in [7, 11) is -1.43. The molecule has 1 N–H and O–H groups in total. The van der Waals surface area contributed by atoms with Crippen LogP contribution in [0.1, 0.15) is 86.2 Å². The Kier molecular flexibility index (Phi) is 10.5. The molecule has 44 heavy (non-hydrogen) atoms. The Hall–Kier alpha value is -2.13. The number of rotatable bonds is 4. The molecular formula is C35H47ClN2O5S. The summed E-state index contributed by atoms with van der Waals surface area (Å²) in [5.41, 5.74) is 4.00. The minimum atomic E-state index is -1.43. The maximum Gasteiger partial charge on any atom is 0.263 e. The highest BCUT2D eigenvalue weighted by Crippen LogP contribution is 2.47. The van der Waals surface area contributed by atoms with Gasteiger partial charge in [-0.25, -0.2) is 4.21 Å². The van der Waals surface area contributed by atoms with Crippen LogP contribution in [0.25, 0.3) is 0 Å². The van der Waals surface area contributed by atoms with E-state index < -0.39 is 11.0 Å². The predicted octanol–water partition coefficient (Wildman–Crippen LogP) is 6.89. The molecule has 2 aromatic carbocycles. The molecule has 2 bridgehead atoms.